The van der Waals surface area contributed by atoms with Gasteiger partial charge in [0.25, 0.3) is 5.91 Å². The van der Waals surface area contributed by atoms with E-state index in [1.54, 1.807) is 12.1 Å². The molecule has 2 rings (SSSR count). The zero-order valence-electron chi connectivity index (χ0n) is 11.6. The lowest BCUT2D eigenvalue weighted by atomic mass is 10.1. The van der Waals surface area contributed by atoms with Crippen LogP contribution in [-0.2, 0) is 6.54 Å². The highest BCUT2D eigenvalue weighted by atomic mass is 35.5. The lowest BCUT2D eigenvalue weighted by molar-refractivity contribution is 0.0948. The van der Waals surface area contributed by atoms with E-state index in [9.17, 15) is 15.0 Å². The highest BCUT2D eigenvalue weighted by Gasteiger charge is 2.16. The van der Waals surface area contributed by atoms with Gasteiger partial charge in [-0.2, -0.15) is 0 Å². The van der Waals surface area contributed by atoms with E-state index in [-0.39, 0.29) is 33.7 Å². The van der Waals surface area contributed by atoms with Crippen LogP contribution < -0.4 is 10.1 Å². The first-order chi connectivity index (χ1) is 10.4. The Bertz CT molecular complexity index is 719. The zero-order chi connectivity index (χ0) is 16.3. The Morgan fingerprint density at radius 2 is 1.95 bits per heavy atom. The zero-order valence-corrected chi connectivity index (χ0v) is 13.1. The van der Waals surface area contributed by atoms with Crippen molar-refractivity contribution >= 4 is 29.1 Å². The standard InChI is InChI=1S/C15H13Cl2NO4/c1-22-12-5-2-8(6-11(12)19)7-18-15(21)9-3-4-10(16)13(17)14(9)20/h2-6,19-20H,7H2,1H3,(H,18,21). The predicted octanol–water partition coefficient (Wildman–Crippen LogP) is 3.34. The number of carbonyl (C=O) groups is 1. The number of rotatable bonds is 4. The third kappa shape index (κ3) is 3.37. The fraction of sp³-hybridized carbons (Fsp3) is 0.133. The van der Waals surface area contributed by atoms with E-state index in [0.29, 0.717) is 11.3 Å². The molecule has 0 saturated heterocycles. The monoisotopic (exact) mass is 341 g/mol. The first kappa shape index (κ1) is 16.3. The first-order valence-electron chi connectivity index (χ1n) is 6.25. The van der Waals surface area contributed by atoms with Crippen LogP contribution in [0.4, 0.5) is 0 Å². The van der Waals surface area contributed by atoms with Crippen molar-refractivity contribution in [3.8, 4) is 17.2 Å². The molecule has 0 atom stereocenters. The van der Waals surface area contributed by atoms with Gasteiger partial charge in [-0.15, -0.1) is 0 Å². The van der Waals surface area contributed by atoms with E-state index in [1.807, 2.05) is 0 Å². The second-order valence-corrected chi connectivity index (χ2v) is 5.23. The minimum Gasteiger partial charge on any atom is -0.505 e. The van der Waals surface area contributed by atoms with E-state index in [1.165, 1.54) is 25.3 Å². The molecule has 0 fully saturated rings. The molecule has 116 valence electrons. The number of halogens is 2. The molecule has 0 aliphatic heterocycles. The number of nitrogens with one attached hydrogen (secondary N) is 1. The number of phenolic OH excluding ortho intramolecular Hbond substituents is 2. The first-order valence-corrected chi connectivity index (χ1v) is 7.00. The number of carbonyl (C=O) groups excluding carboxylic acids is 1. The number of ether oxygens (including phenoxy) is 1. The Labute approximate surface area is 137 Å². The normalized spacial score (nSPS) is 10.3. The lowest BCUT2D eigenvalue weighted by Gasteiger charge is -2.10. The van der Waals surface area contributed by atoms with Crippen LogP contribution >= 0.6 is 23.2 Å². The molecule has 5 nitrogen and oxygen atoms in total. The highest BCUT2D eigenvalue weighted by Crippen LogP contribution is 2.34. The summed E-state index contributed by atoms with van der Waals surface area (Å²) in [6.45, 7) is 0.163. The molecule has 0 heterocycles. The summed E-state index contributed by atoms with van der Waals surface area (Å²) in [6.07, 6.45) is 0. The van der Waals surface area contributed by atoms with E-state index in [2.05, 4.69) is 5.32 Å². The summed E-state index contributed by atoms with van der Waals surface area (Å²) in [4.78, 5) is 12.1. The molecule has 1 amide bonds. The molecule has 2 aromatic rings. The maximum atomic E-state index is 12.1. The van der Waals surface area contributed by atoms with E-state index in [4.69, 9.17) is 27.9 Å². The molecule has 7 heteroatoms. The number of phenols is 2. The van der Waals surface area contributed by atoms with E-state index >= 15 is 0 Å². The topological polar surface area (TPSA) is 78.8 Å². The second kappa shape index (κ2) is 6.77. The Morgan fingerprint density at radius 3 is 2.59 bits per heavy atom. The quantitative estimate of drug-likeness (QED) is 0.796. The molecule has 0 saturated carbocycles. The summed E-state index contributed by atoms with van der Waals surface area (Å²) < 4.78 is 4.94. The molecule has 0 radical (unpaired) electrons. The van der Waals surface area contributed by atoms with Crippen LogP contribution in [0.5, 0.6) is 17.2 Å². The van der Waals surface area contributed by atoms with Crippen molar-refractivity contribution < 1.29 is 19.7 Å². The second-order valence-electron chi connectivity index (χ2n) is 4.45. The van der Waals surface area contributed by atoms with Crippen LogP contribution in [0.3, 0.4) is 0 Å². The largest absolute Gasteiger partial charge is 0.505 e. The van der Waals surface area contributed by atoms with Crippen molar-refractivity contribution in [1.82, 2.24) is 5.32 Å². The van der Waals surface area contributed by atoms with Crippen LogP contribution in [0.25, 0.3) is 0 Å². The van der Waals surface area contributed by atoms with Gasteiger partial charge in [-0.1, -0.05) is 29.3 Å². The summed E-state index contributed by atoms with van der Waals surface area (Å²) in [5.74, 6) is -0.556. The van der Waals surface area contributed by atoms with Gasteiger partial charge in [-0.05, 0) is 29.8 Å². The van der Waals surface area contributed by atoms with Gasteiger partial charge in [0.1, 0.15) is 10.8 Å². The van der Waals surface area contributed by atoms with Crippen molar-refractivity contribution in [2.45, 2.75) is 6.54 Å². The van der Waals surface area contributed by atoms with Gasteiger partial charge < -0.3 is 20.3 Å². The van der Waals surface area contributed by atoms with Gasteiger partial charge in [-0.3, -0.25) is 4.79 Å². The smallest absolute Gasteiger partial charge is 0.255 e. The molecule has 0 bridgehead atoms. The minimum atomic E-state index is -0.508. The highest BCUT2D eigenvalue weighted by molar-refractivity contribution is 6.43. The fourth-order valence-electron chi connectivity index (χ4n) is 1.85. The van der Waals surface area contributed by atoms with Crippen molar-refractivity contribution in [2.24, 2.45) is 0 Å². The maximum absolute atomic E-state index is 12.1. The number of methoxy groups -OCH3 is 1. The average Bonchev–Trinajstić information content (AvgIpc) is 2.50. The fourth-order valence-corrected chi connectivity index (χ4v) is 2.16. The maximum Gasteiger partial charge on any atom is 0.255 e. The average molecular weight is 342 g/mol. The van der Waals surface area contributed by atoms with Crippen LogP contribution in [0.1, 0.15) is 15.9 Å². The molecule has 0 aliphatic carbocycles. The third-order valence-corrected chi connectivity index (χ3v) is 3.80. The molecule has 3 N–H and O–H groups in total. The van der Waals surface area contributed by atoms with E-state index < -0.39 is 5.91 Å². The minimum absolute atomic E-state index is 0.0205. The lowest BCUT2D eigenvalue weighted by Crippen LogP contribution is -2.22. The summed E-state index contributed by atoms with van der Waals surface area (Å²) in [7, 11) is 1.45. The van der Waals surface area contributed by atoms with Gasteiger partial charge in [-0.25, -0.2) is 0 Å². The van der Waals surface area contributed by atoms with Crippen LogP contribution in [0.2, 0.25) is 10.0 Å². The van der Waals surface area contributed by atoms with Gasteiger partial charge >= 0.3 is 0 Å². The molecule has 0 spiro atoms. The van der Waals surface area contributed by atoms with Gasteiger partial charge in [0.15, 0.2) is 11.5 Å². The van der Waals surface area contributed by atoms with Crippen molar-refractivity contribution in [2.75, 3.05) is 7.11 Å². The van der Waals surface area contributed by atoms with Crippen LogP contribution in [0, 0.1) is 0 Å². The summed E-state index contributed by atoms with van der Waals surface area (Å²) in [5.41, 5.74) is 0.693. The molecule has 0 aliphatic rings. The molecular formula is C15H13Cl2NO4. The SMILES string of the molecule is COc1ccc(CNC(=O)c2ccc(Cl)c(Cl)c2O)cc1O. The molecule has 22 heavy (non-hydrogen) atoms. The Kier molecular flexibility index (Phi) is 5.00. The van der Waals surface area contributed by atoms with E-state index in [0.717, 1.165) is 0 Å². The molecule has 2 aromatic carbocycles. The Balaban J connectivity index is 2.10. The number of hydrogen-bond acceptors (Lipinski definition) is 4. The van der Waals surface area contributed by atoms with Gasteiger partial charge in [0, 0.05) is 6.54 Å². The summed E-state index contributed by atoms with van der Waals surface area (Å²) >= 11 is 11.5. The van der Waals surface area contributed by atoms with Crippen LogP contribution in [-0.4, -0.2) is 23.2 Å². The molecule has 0 aromatic heterocycles. The predicted molar refractivity (Wildman–Crippen MR) is 84.0 cm³/mol. The Hall–Kier alpha value is -2.11. The number of aromatic hydroxyl groups is 2. The number of hydrogen-bond donors (Lipinski definition) is 3. The van der Waals surface area contributed by atoms with Crippen molar-refractivity contribution in [1.29, 1.82) is 0 Å². The molecular weight excluding hydrogens is 329 g/mol. The number of benzene rings is 2. The Morgan fingerprint density at radius 1 is 1.23 bits per heavy atom. The van der Waals surface area contributed by atoms with Crippen LogP contribution in [0.15, 0.2) is 30.3 Å². The summed E-state index contributed by atoms with van der Waals surface area (Å²) in [5, 5.41) is 22.2. The van der Waals surface area contributed by atoms with Crippen molar-refractivity contribution in [3.05, 3.63) is 51.5 Å². The number of amides is 1. The van der Waals surface area contributed by atoms with Crippen molar-refractivity contribution in [3.63, 3.8) is 0 Å². The third-order valence-electron chi connectivity index (χ3n) is 3.01. The van der Waals surface area contributed by atoms with Gasteiger partial charge in [0.2, 0.25) is 0 Å². The van der Waals surface area contributed by atoms with Gasteiger partial charge in [0.05, 0.1) is 17.7 Å². The summed E-state index contributed by atoms with van der Waals surface area (Å²) in [6, 6.07) is 7.58. The molecule has 0 unspecified atom stereocenters.